The smallest absolute Gasteiger partial charge is 0.187 e. The minimum Gasteiger partial charge on any atom is -0.292 e. The fourth-order valence-corrected chi connectivity index (χ4v) is 4.06. The Hall–Kier alpha value is -0.390. The van der Waals surface area contributed by atoms with E-state index in [1.54, 1.807) is 12.1 Å². The summed E-state index contributed by atoms with van der Waals surface area (Å²) in [6.07, 6.45) is 0. The van der Waals surface area contributed by atoms with Gasteiger partial charge in [0.05, 0.1) is 15.0 Å². The van der Waals surface area contributed by atoms with E-state index >= 15 is 0 Å². The van der Waals surface area contributed by atoms with Crippen LogP contribution in [0.3, 0.4) is 0 Å². The maximum absolute atomic E-state index is 11.6. The average Bonchev–Trinajstić information content (AvgIpc) is 2.47. The number of carbonyl (C=O) groups is 1. The normalized spacial score (nSPS) is 12.0. The van der Waals surface area contributed by atoms with Gasteiger partial charge in [-0.3, -0.25) is 4.79 Å². The number of ketones is 1. The summed E-state index contributed by atoms with van der Waals surface area (Å²) in [6.45, 7) is 3.62. The first-order valence-electron chi connectivity index (χ1n) is 4.79. The van der Waals surface area contributed by atoms with Crippen molar-refractivity contribution in [3.8, 4) is 0 Å². The van der Waals surface area contributed by atoms with Crippen LogP contribution >= 0.6 is 22.9 Å². The Morgan fingerprint density at radius 1 is 1.44 bits per heavy atom. The van der Waals surface area contributed by atoms with Crippen molar-refractivity contribution in [1.82, 2.24) is 0 Å². The molecule has 1 aromatic heterocycles. The van der Waals surface area contributed by atoms with Crippen LogP contribution in [0.15, 0.2) is 12.1 Å². The van der Waals surface area contributed by atoms with Gasteiger partial charge in [-0.05, 0) is 18.1 Å². The number of hydrogen-bond donors (Lipinski definition) is 0. The molecule has 0 atom stereocenters. The second-order valence-electron chi connectivity index (χ2n) is 3.98. The van der Waals surface area contributed by atoms with Gasteiger partial charge >= 0.3 is 0 Å². The van der Waals surface area contributed by atoms with Crippen LogP contribution in [-0.2, 0) is 9.84 Å². The van der Waals surface area contributed by atoms with Gasteiger partial charge in [-0.2, -0.15) is 0 Å². The van der Waals surface area contributed by atoms with Crippen molar-refractivity contribution in [2.75, 3.05) is 11.5 Å². The highest BCUT2D eigenvalue weighted by Gasteiger charge is 2.20. The van der Waals surface area contributed by atoms with Crippen molar-refractivity contribution in [3.05, 3.63) is 21.3 Å². The third kappa shape index (κ3) is 4.23. The van der Waals surface area contributed by atoms with Crippen LogP contribution < -0.4 is 0 Å². The number of hydrogen-bond acceptors (Lipinski definition) is 4. The van der Waals surface area contributed by atoms with E-state index in [1.165, 1.54) is 0 Å². The molecule has 6 heteroatoms. The maximum Gasteiger partial charge on any atom is 0.187 e. The number of rotatable bonds is 5. The molecule has 0 aliphatic heterocycles. The molecule has 0 fully saturated rings. The highest BCUT2D eigenvalue weighted by atomic mass is 35.5. The van der Waals surface area contributed by atoms with Crippen LogP contribution in [0.4, 0.5) is 0 Å². The van der Waals surface area contributed by atoms with Crippen molar-refractivity contribution in [2.24, 2.45) is 5.92 Å². The van der Waals surface area contributed by atoms with E-state index in [1.807, 2.05) is 13.8 Å². The molecule has 0 bridgehead atoms. The molecule has 0 unspecified atom stereocenters. The molecule has 0 saturated heterocycles. The molecule has 90 valence electrons. The molecule has 1 aromatic rings. The van der Waals surface area contributed by atoms with Gasteiger partial charge in [0.25, 0.3) is 0 Å². The quantitative estimate of drug-likeness (QED) is 0.779. The summed E-state index contributed by atoms with van der Waals surface area (Å²) in [5.41, 5.74) is 0. The lowest BCUT2D eigenvalue weighted by atomic mass is 10.3. The fraction of sp³-hybridized carbons (Fsp3) is 0.500. The number of Topliss-reactive ketones (excluding diaryl/α,β-unsaturated/α-hetero) is 1. The van der Waals surface area contributed by atoms with E-state index in [9.17, 15) is 13.2 Å². The molecule has 0 aliphatic carbocycles. The molecule has 1 rings (SSSR count). The van der Waals surface area contributed by atoms with Crippen LogP contribution in [0.25, 0.3) is 0 Å². The van der Waals surface area contributed by atoms with Gasteiger partial charge in [-0.25, -0.2) is 8.42 Å². The van der Waals surface area contributed by atoms with E-state index in [0.29, 0.717) is 9.21 Å². The second-order valence-corrected chi connectivity index (χ2v) is 7.80. The van der Waals surface area contributed by atoms with Crippen LogP contribution in [0.1, 0.15) is 23.5 Å². The Bertz CT molecular complexity index is 474. The molecule has 16 heavy (non-hydrogen) atoms. The summed E-state index contributed by atoms with van der Waals surface area (Å²) in [7, 11) is -3.30. The third-order valence-electron chi connectivity index (χ3n) is 1.79. The van der Waals surface area contributed by atoms with E-state index in [4.69, 9.17) is 11.6 Å². The highest BCUT2D eigenvalue weighted by Crippen LogP contribution is 2.22. The predicted molar refractivity (Wildman–Crippen MR) is 67.2 cm³/mol. The van der Waals surface area contributed by atoms with Crippen LogP contribution in [-0.4, -0.2) is 25.7 Å². The Morgan fingerprint density at radius 3 is 2.50 bits per heavy atom. The highest BCUT2D eigenvalue weighted by molar-refractivity contribution is 7.92. The Kier molecular flexibility index (Phi) is 4.52. The molecular weight excluding hydrogens is 268 g/mol. The summed E-state index contributed by atoms with van der Waals surface area (Å²) in [6, 6.07) is 3.15. The van der Waals surface area contributed by atoms with Gasteiger partial charge in [0.2, 0.25) is 0 Å². The second kappa shape index (κ2) is 5.29. The summed E-state index contributed by atoms with van der Waals surface area (Å²) in [5, 5.41) is 0. The van der Waals surface area contributed by atoms with Gasteiger partial charge in [-0.15, -0.1) is 11.3 Å². The SMILES string of the molecule is CC(C)CS(=O)(=O)CC(=O)c1ccc(Cl)s1. The van der Waals surface area contributed by atoms with Crippen molar-refractivity contribution in [3.63, 3.8) is 0 Å². The van der Waals surface area contributed by atoms with Crippen molar-refractivity contribution in [1.29, 1.82) is 0 Å². The topological polar surface area (TPSA) is 51.2 Å². The van der Waals surface area contributed by atoms with Gasteiger partial charge in [0.1, 0.15) is 5.75 Å². The van der Waals surface area contributed by atoms with Crippen molar-refractivity contribution >= 4 is 38.6 Å². The minimum absolute atomic E-state index is 0.0322. The van der Waals surface area contributed by atoms with Crippen molar-refractivity contribution in [2.45, 2.75) is 13.8 Å². The number of carbonyl (C=O) groups excluding carboxylic acids is 1. The molecule has 0 aromatic carbocycles. The molecular formula is C10H13ClO3S2. The zero-order chi connectivity index (χ0) is 12.3. The largest absolute Gasteiger partial charge is 0.292 e. The minimum atomic E-state index is -3.30. The van der Waals surface area contributed by atoms with Crippen molar-refractivity contribution < 1.29 is 13.2 Å². The van der Waals surface area contributed by atoms with Gasteiger partial charge in [0, 0.05) is 0 Å². The van der Waals surface area contributed by atoms with E-state index < -0.39 is 15.6 Å². The summed E-state index contributed by atoms with van der Waals surface area (Å²) in [4.78, 5) is 12.0. The standard InChI is InChI=1S/C10H13ClO3S2/c1-7(2)5-16(13,14)6-8(12)9-3-4-10(11)15-9/h3-4,7H,5-6H2,1-2H3. The predicted octanol–water partition coefficient (Wildman–Crippen LogP) is 2.66. The number of sulfone groups is 1. The lowest BCUT2D eigenvalue weighted by Gasteiger charge is -2.05. The summed E-state index contributed by atoms with van der Waals surface area (Å²) in [5.74, 6) is -0.734. The average molecular weight is 281 g/mol. The van der Waals surface area contributed by atoms with Crippen LogP contribution in [0.2, 0.25) is 4.34 Å². The lowest BCUT2D eigenvalue weighted by Crippen LogP contribution is -2.21. The Morgan fingerprint density at radius 2 is 2.06 bits per heavy atom. The molecule has 0 amide bonds. The zero-order valence-electron chi connectivity index (χ0n) is 9.07. The first-order valence-corrected chi connectivity index (χ1v) is 7.81. The fourth-order valence-electron chi connectivity index (χ4n) is 1.30. The molecule has 0 N–H and O–H groups in total. The van der Waals surface area contributed by atoms with E-state index in [0.717, 1.165) is 11.3 Å². The molecule has 0 aliphatic rings. The summed E-state index contributed by atoms with van der Waals surface area (Å²) >= 11 is 6.78. The Balaban J connectivity index is 2.72. The first kappa shape index (κ1) is 13.7. The number of thiophene rings is 1. The number of halogens is 1. The van der Waals surface area contributed by atoms with Crippen LogP contribution in [0.5, 0.6) is 0 Å². The lowest BCUT2D eigenvalue weighted by molar-refractivity contribution is 0.102. The third-order valence-corrected chi connectivity index (χ3v) is 4.94. The molecule has 3 nitrogen and oxygen atoms in total. The van der Waals surface area contributed by atoms with E-state index in [2.05, 4.69) is 0 Å². The molecule has 0 spiro atoms. The Labute approximate surface area is 104 Å². The van der Waals surface area contributed by atoms with Crippen LogP contribution in [0, 0.1) is 5.92 Å². The molecule has 1 heterocycles. The monoisotopic (exact) mass is 280 g/mol. The zero-order valence-corrected chi connectivity index (χ0v) is 11.5. The van der Waals surface area contributed by atoms with E-state index in [-0.39, 0.29) is 17.5 Å². The molecule has 0 saturated carbocycles. The molecule has 0 radical (unpaired) electrons. The first-order chi connectivity index (χ1) is 7.30. The van der Waals surface area contributed by atoms with Gasteiger partial charge in [0.15, 0.2) is 15.6 Å². The van der Waals surface area contributed by atoms with Gasteiger partial charge < -0.3 is 0 Å². The van der Waals surface area contributed by atoms with Gasteiger partial charge in [-0.1, -0.05) is 25.4 Å². The maximum atomic E-state index is 11.6. The summed E-state index contributed by atoms with van der Waals surface area (Å²) < 4.78 is 23.7.